The summed E-state index contributed by atoms with van der Waals surface area (Å²) in [7, 11) is 0. The Balaban J connectivity index is 1.86. The van der Waals surface area contributed by atoms with Gasteiger partial charge < -0.3 is 5.32 Å². The zero-order chi connectivity index (χ0) is 21.0. The molecule has 0 aromatic heterocycles. The van der Waals surface area contributed by atoms with E-state index in [1.165, 1.54) is 24.3 Å². The number of unbranched alkanes of at least 4 members (excludes halogenated alkanes) is 1. The van der Waals surface area contributed by atoms with E-state index in [4.69, 9.17) is 0 Å². The quantitative estimate of drug-likeness (QED) is 0.537. The molecular weight excluding hydrogens is 371 g/mol. The van der Waals surface area contributed by atoms with Gasteiger partial charge in [-0.15, -0.1) is 0 Å². The highest BCUT2D eigenvalue weighted by Gasteiger charge is 2.52. The maximum absolute atomic E-state index is 13.4. The van der Waals surface area contributed by atoms with Gasteiger partial charge in [0.1, 0.15) is 11.4 Å². The molecule has 1 saturated heterocycles. The fraction of sp³-hybridized carbons (Fsp3) is 0.348. The lowest BCUT2D eigenvalue weighted by Crippen LogP contribution is -2.44. The molecule has 0 spiro atoms. The molecule has 5 nitrogen and oxygen atoms in total. The summed E-state index contributed by atoms with van der Waals surface area (Å²) in [5.74, 6) is -1.19. The molecule has 3 amide bonds. The summed E-state index contributed by atoms with van der Waals surface area (Å²) in [4.78, 5) is 39.6. The van der Waals surface area contributed by atoms with E-state index in [0.717, 1.165) is 23.3 Å². The van der Waals surface area contributed by atoms with Crippen LogP contribution in [-0.2, 0) is 16.8 Å². The fourth-order valence-corrected chi connectivity index (χ4v) is 3.62. The number of nitrogens with zero attached hydrogens (tertiary/aromatic N) is 1. The van der Waals surface area contributed by atoms with Crippen molar-refractivity contribution in [2.75, 3.05) is 6.54 Å². The van der Waals surface area contributed by atoms with Crippen LogP contribution >= 0.6 is 0 Å². The van der Waals surface area contributed by atoms with E-state index >= 15 is 0 Å². The first-order valence-electron chi connectivity index (χ1n) is 9.93. The second-order valence-corrected chi connectivity index (χ2v) is 7.31. The Kier molecular flexibility index (Phi) is 6.11. The molecule has 29 heavy (non-hydrogen) atoms. The second kappa shape index (κ2) is 8.55. The van der Waals surface area contributed by atoms with E-state index in [2.05, 4.69) is 5.32 Å². The predicted molar refractivity (Wildman–Crippen MR) is 108 cm³/mol. The van der Waals surface area contributed by atoms with Crippen molar-refractivity contribution in [3.63, 3.8) is 0 Å². The lowest BCUT2D eigenvalue weighted by atomic mass is 9.84. The van der Waals surface area contributed by atoms with Gasteiger partial charge in [0.15, 0.2) is 5.78 Å². The van der Waals surface area contributed by atoms with Crippen molar-refractivity contribution in [1.82, 2.24) is 10.2 Å². The SMILES string of the molecule is CCCC[C@@]1(c2ccc(F)cc2)NC(=O)N(CC(=O)c2ccc(CC)cc2)C1=O. The zero-order valence-electron chi connectivity index (χ0n) is 16.7. The number of benzene rings is 2. The van der Waals surface area contributed by atoms with Crippen molar-refractivity contribution in [3.05, 3.63) is 71.0 Å². The summed E-state index contributed by atoms with van der Waals surface area (Å²) in [6, 6.07) is 12.1. The summed E-state index contributed by atoms with van der Waals surface area (Å²) in [6.45, 7) is 3.68. The number of hydrogen-bond acceptors (Lipinski definition) is 3. The van der Waals surface area contributed by atoms with Crippen molar-refractivity contribution in [2.24, 2.45) is 0 Å². The number of carbonyl (C=O) groups excluding carboxylic acids is 3. The number of aryl methyl sites for hydroxylation is 1. The first-order chi connectivity index (χ1) is 13.9. The molecule has 152 valence electrons. The molecule has 1 aliphatic rings. The van der Waals surface area contributed by atoms with Gasteiger partial charge in [-0.05, 0) is 36.1 Å². The summed E-state index contributed by atoms with van der Waals surface area (Å²) < 4.78 is 13.4. The number of carbonyl (C=O) groups is 3. The van der Waals surface area contributed by atoms with Crippen LogP contribution in [0.2, 0.25) is 0 Å². The van der Waals surface area contributed by atoms with Gasteiger partial charge in [0, 0.05) is 5.56 Å². The fourth-order valence-electron chi connectivity index (χ4n) is 3.62. The molecule has 0 aliphatic carbocycles. The largest absolute Gasteiger partial charge is 0.325 e. The Hall–Kier alpha value is -3.02. The minimum absolute atomic E-state index is 0.304. The van der Waals surface area contributed by atoms with Crippen LogP contribution in [0.5, 0.6) is 0 Å². The van der Waals surface area contributed by atoms with Crippen LogP contribution in [0.1, 0.15) is 54.6 Å². The molecule has 0 radical (unpaired) electrons. The van der Waals surface area contributed by atoms with Gasteiger partial charge in [-0.1, -0.05) is 63.1 Å². The van der Waals surface area contributed by atoms with Crippen molar-refractivity contribution >= 4 is 17.7 Å². The minimum atomic E-state index is -1.27. The number of ketones is 1. The first kappa shape index (κ1) is 20.7. The molecule has 2 aromatic rings. The molecule has 0 bridgehead atoms. The van der Waals surface area contributed by atoms with Gasteiger partial charge in [0.05, 0.1) is 6.54 Å². The molecular formula is C23H25FN2O3. The maximum Gasteiger partial charge on any atom is 0.325 e. The van der Waals surface area contributed by atoms with Crippen LogP contribution in [0, 0.1) is 5.82 Å². The van der Waals surface area contributed by atoms with Crippen molar-refractivity contribution in [1.29, 1.82) is 0 Å². The highest BCUT2D eigenvalue weighted by Crippen LogP contribution is 2.34. The molecule has 0 saturated carbocycles. The topological polar surface area (TPSA) is 66.5 Å². The highest BCUT2D eigenvalue weighted by atomic mass is 19.1. The Morgan fingerprint density at radius 1 is 1.03 bits per heavy atom. The average molecular weight is 396 g/mol. The second-order valence-electron chi connectivity index (χ2n) is 7.31. The third-order valence-corrected chi connectivity index (χ3v) is 5.40. The van der Waals surface area contributed by atoms with Crippen molar-refractivity contribution in [3.8, 4) is 0 Å². The van der Waals surface area contributed by atoms with Crippen molar-refractivity contribution < 1.29 is 18.8 Å². The Morgan fingerprint density at radius 2 is 1.69 bits per heavy atom. The smallest absolute Gasteiger partial charge is 0.319 e. The number of hydrogen-bond donors (Lipinski definition) is 1. The first-order valence-corrected chi connectivity index (χ1v) is 9.93. The molecule has 1 atom stereocenters. The molecule has 3 rings (SSSR count). The van der Waals surface area contributed by atoms with E-state index in [1.807, 2.05) is 26.0 Å². The zero-order valence-corrected chi connectivity index (χ0v) is 16.7. The Bertz CT molecular complexity index is 909. The third-order valence-electron chi connectivity index (χ3n) is 5.40. The molecule has 1 aliphatic heterocycles. The molecule has 1 fully saturated rings. The van der Waals surface area contributed by atoms with Crippen LogP contribution in [-0.4, -0.2) is 29.2 Å². The van der Waals surface area contributed by atoms with Crippen LogP contribution in [0.25, 0.3) is 0 Å². The maximum atomic E-state index is 13.4. The minimum Gasteiger partial charge on any atom is -0.319 e. The standard InChI is InChI=1S/C23H25FN2O3/c1-3-5-14-23(18-10-12-19(24)13-11-18)21(28)26(22(29)25-23)15-20(27)17-8-6-16(4-2)7-9-17/h6-13H,3-5,14-15H2,1-2H3,(H,25,29)/t23-/m0/s1. The number of Topliss-reactive ketones (excluding diaryl/α,β-unsaturated/α-hetero) is 1. The molecule has 1 heterocycles. The molecule has 2 aromatic carbocycles. The van der Waals surface area contributed by atoms with E-state index in [9.17, 15) is 18.8 Å². The van der Waals surface area contributed by atoms with Gasteiger partial charge in [-0.25, -0.2) is 9.18 Å². The van der Waals surface area contributed by atoms with E-state index < -0.39 is 23.3 Å². The molecule has 6 heteroatoms. The van der Waals surface area contributed by atoms with Gasteiger partial charge in [0.2, 0.25) is 0 Å². The number of amides is 3. The summed E-state index contributed by atoms with van der Waals surface area (Å²) in [5.41, 5.74) is 0.808. The van der Waals surface area contributed by atoms with Gasteiger partial charge in [-0.2, -0.15) is 0 Å². The number of urea groups is 1. The number of rotatable bonds is 8. The van der Waals surface area contributed by atoms with Crippen LogP contribution < -0.4 is 5.32 Å². The van der Waals surface area contributed by atoms with E-state index in [1.54, 1.807) is 12.1 Å². The monoisotopic (exact) mass is 396 g/mol. The van der Waals surface area contributed by atoms with Gasteiger partial charge >= 0.3 is 6.03 Å². The average Bonchev–Trinajstić information content (AvgIpc) is 2.97. The highest BCUT2D eigenvalue weighted by molar-refractivity contribution is 6.11. The summed E-state index contributed by atoms with van der Waals surface area (Å²) in [6.07, 6.45) is 2.77. The summed E-state index contributed by atoms with van der Waals surface area (Å²) >= 11 is 0. The van der Waals surface area contributed by atoms with Crippen LogP contribution in [0.4, 0.5) is 9.18 Å². The van der Waals surface area contributed by atoms with Crippen molar-refractivity contribution in [2.45, 2.75) is 45.1 Å². The van der Waals surface area contributed by atoms with Crippen LogP contribution in [0.15, 0.2) is 48.5 Å². The molecule has 1 N–H and O–H groups in total. The number of nitrogens with one attached hydrogen (secondary N) is 1. The van der Waals surface area contributed by atoms with E-state index in [-0.39, 0.29) is 12.3 Å². The number of halogens is 1. The molecule has 0 unspecified atom stereocenters. The predicted octanol–water partition coefficient (Wildman–Crippen LogP) is 4.21. The van der Waals surface area contributed by atoms with Crippen LogP contribution in [0.3, 0.4) is 0 Å². The number of imide groups is 1. The Morgan fingerprint density at radius 3 is 2.28 bits per heavy atom. The summed E-state index contributed by atoms with van der Waals surface area (Å²) in [5, 5.41) is 2.78. The van der Waals surface area contributed by atoms with Gasteiger partial charge in [-0.3, -0.25) is 14.5 Å². The van der Waals surface area contributed by atoms with E-state index in [0.29, 0.717) is 24.0 Å². The van der Waals surface area contributed by atoms with Gasteiger partial charge in [0.25, 0.3) is 5.91 Å². The lowest BCUT2D eigenvalue weighted by Gasteiger charge is -2.27. The third kappa shape index (κ3) is 4.06. The normalized spacial score (nSPS) is 18.8. The Labute approximate surface area is 169 Å². The lowest BCUT2D eigenvalue weighted by molar-refractivity contribution is -0.131.